The van der Waals surface area contributed by atoms with Crippen LogP contribution in [0.15, 0.2) is 72.9 Å². The van der Waals surface area contributed by atoms with E-state index in [0.29, 0.717) is 0 Å². The number of H-pyrrole nitrogens is 2. The zero-order valence-electron chi connectivity index (χ0n) is 16.4. The number of benzene rings is 2. The van der Waals surface area contributed by atoms with Gasteiger partial charge in [0.15, 0.2) is 0 Å². The van der Waals surface area contributed by atoms with E-state index in [9.17, 15) is 0 Å². The molecule has 1 aliphatic rings. The molecule has 0 fully saturated rings. The molecule has 0 atom stereocenters. The van der Waals surface area contributed by atoms with Crippen molar-refractivity contribution in [1.82, 2.24) is 25.5 Å². The van der Waals surface area contributed by atoms with Crippen molar-refractivity contribution in [3.05, 3.63) is 78.5 Å². The minimum absolute atomic E-state index is 0.934. The van der Waals surface area contributed by atoms with Crippen LogP contribution in [0.3, 0.4) is 0 Å². The molecule has 0 aliphatic carbocycles. The highest BCUT2D eigenvalue weighted by Crippen LogP contribution is 2.34. The summed E-state index contributed by atoms with van der Waals surface area (Å²) in [4.78, 5) is 8.10. The van der Waals surface area contributed by atoms with Crippen LogP contribution in [0.25, 0.3) is 50.0 Å². The van der Waals surface area contributed by atoms with Crippen LogP contribution in [0.2, 0.25) is 0 Å². The highest BCUT2D eigenvalue weighted by molar-refractivity contribution is 6.01. The topological polar surface area (TPSA) is 69.4 Å². The Morgan fingerprint density at radius 2 is 1.87 bits per heavy atom. The second kappa shape index (κ2) is 6.97. The Morgan fingerprint density at radius 1 is 0.867 bits per heavy atom. The lowest BCUT2D eigenvalue weighted by Crippen LogP contribution is -2.19. The number of aromatic amines is 2. The SMILES string of the molecule is C1=C(c2ccc3[nH]nc(-c4cc5c(-c6ccccn6)cccc5[nH]4)c3c2)CCNC1. The van der Waals surface area contributed by atoms with Gasteiger partial charge in [-0.3, -0.25) is 10.1 Å². The summed E-state index contributed by atoms with van der Waals surface area (Å²) in [6.07, 6.45) is 5.17. The number of nitrogens with zero attached hydrogens (tertiary/aromatic N) is 2. The number of aromatic nitrogens is 4. The highest BCUT2D eigenvalue weighted by Gasteiger charge is 2.15. The molecular formula is C25H21N5. The predicted molar refractivity (Wildman–Crippen MR) is 122 cm³/mol. The van der Waals surface area contributed by atoms with Crippen molar-refractivity contribution in [3.8, 4) is 22.6 Å². The van der Waals surface area contributed by atoms with Crippen LogP contribution in [-0.4, -0.2) is 33.3 Å². The van der Waals surface area contributed by atoms with E-state index in [0.717, 1.165) is 64.0 Å². The molecule has 1 aliphatic heterocycles. The maximum Gasteiger partial charge on any atom is 0.116 e. The van der Waals surface area contributed by atoms with Gasteiger partial charge in [0.2, 0.25) is 0 Å². The number of hydrogen-bond acceptors (Lipinski definition) is 3. The molecule has 2 aromatic carbocycles. The molecule has 0 radical (unpaired) electrons. The maximum atomic E-state index is 4.65. The van der Waals surface area contributed by atoms with Gasteiger partial charge in [-0.25, -0.2) is 0 Å². The largest absolute Gasteiger partial charge is 0.353 e. The van der Waals surface area contributed by atoms with Crippen molar-refractivity contribution in [2.45, 2.75) is 6.42 Å². The fourth-order valence-corrected chi connectivity index (χ4v) is 4.33. The minimum Gasteiger partial charge on any atom is -0.353 e. The molecular weight excluding hydrogens is 370 g/mol. The maximum absolute atomic E-state index is 4.65. The Bertz CT molecular complexity index is 1390. The van der Waals surface area contributed by atoms with Gasteiger partial charge >= 0.3 is 0 Å². The third-order valence-electron chi connectivity index (χ3n) is 5.86. The lowest BCUT2D eigenvalue weighted by molar-refractivity contribution is 0.739. The third kappa shape index (κ3) is 2.83. The van der Waals surface area contributed by atoms with Gasteiger partial charge in [0.25, 0.3) is 0 Å². The van der Waals surface area contributed by atoms with Crippen molar-refractivity contribution in [2.75, 3.05) is 13.1 Å². The van der Waals surface area contributed by atoms with Crippen LogP contribution >= 0.6 is 0 Å². The monoisotopic (exact) mass is 391 g/mol. The lowest BCUT2D eigenvalue weighted by atomic mass is 9.98. The molecule has 0 saturated heterocycles. The summed E-state index contributed by atoms with van der Waals surface area (Å²) in [5.41, 5.74) is 8.86. The first-order valence-electron chi connectivity index (χ1n) is 10.3. The summed E-state index contributed by atoms with van der Waals surface area (Å²) < 4.78 is 0. The number of pyridine rings is 1. The van der Waals surface area contributed by atoms with Crippen molar-refractivity contribution in [3.63, 3.8) is 0 Å². The summed E-state index contributed by atoms with van der Waals surface area (Å²) in [5.74, 6) is 0. The normalized spacial score (nSPS) is 14.3. The van der Waals surface area contributed by atoms with Gasteiger partial charge < -0.3 is 10.3 Å². The van der Waals surface area contributed by atoms with E-state index in [1.807, 2.05) is 24.4 Å². The van der Waals surface area contributed by atoms with Gasteiger partial charge in [0, 0.05) is 34.6 Å². The Hall–Kier alpha value is -3.70. The number of nitrogens with one attached hydrogen (secondary N) is 3. The molecule has 146 valence electrons. The standard InChI is InChI=1S/C25H21N5/c1-2-11-27-21(5-1)18-4-3-6-22-19(18)15-24(28-22)25-20-14-17(7-8-23(20)29-30-25)16-9-12-26-13-10-16/h1-9,11,14-15,26,28H,10,12-13H2,(H,29,30). The first-order valence-corrected chi connectivity index (χ1v) is 10.3. The number of fused-ring (bicyclic) bond motifs is 2. The van der Waals surface area contributed by atoms with Gasteiger partial charge in [-0.1, -0.05) is 30.3 Å². The van der Waals surface area contributed by atoms with Gasteiger partial charge in [-0.2, -0.15) is 5.10 Å². The summed E-state index contributed by atoms with van der Waals surface area (Å²) in [5, 5.41) is 13.5. The van der Waals surface area contributed by atoms with Crippen molar-refractivity contribution in [2.24, 2.45) is 0 Å². The quantitative estimate of drug-likeness (QED) is 0.398. The van der Waals surface area contributed by atoms with Crippen molar-refractivity contribution in [1.29, 1.82) is 0 Å². The molecule has 5 nitrogen and oxygen atoms in total. The minimum atomic E-state index is 0.934. The van der Waals surface area contributed by atoms with E-state index in [4.69, 9.17) is 0 Å². The fourth-order valence-electron chi connectivity index (χ4n) is 4.33. The second-order valence-electron chi connectivity index (χ2n) is 7.68. The van der Waals surface area contributed by atoms with Gasteiger partial charge in [0.1, 0.15) is 5.69 Å². The summed E-state index contributed by atoms with van der Waals surface area (Å²) in [7, 11) is 0. The molecule has 0 unspecified atom stereocenters. The zero-order chi connectivity index (χ0) is 19.9. The van der Waals surface area contributed by atoms with Crippen LogP contribution < -0.4 is 5.32 Å². The predicted octanol–water partition coefficient (Wildman–Crippen LogP) is 5.15. The molecule has 5 aromatic rings. The zero-order valence-corrected chi connectivity index (χ0v) is 16.4. The molecule has 0 bridgehead atoms. The van der Waals surface area contributed by atoms with Gasteiger partial charge in [-0.05, 0) is 60.5 Å². The molecule has 30 heavy (non-hydrogen) atoms. The van der Waals surface area contributed by atoms with E-state index in [1.165, 1.54) is 11.1 Å². The molecule has 4 heterocycles. The number of rotatable bonds is 3. The van der Waals surface area contributed by atoms with E-state index in [-0.39, 0.29) is 0 Å². The Morgan fingerprint density at radius 3 is 2.73 bits per heavy atom. The van der Waals surface area contributed by atoms with Crippen LogP contribution in [0.1, 0.15) is 12.0 Å². The van der Waals surface area contributed by atoms with Crippen LogP contribution in [-0.2, 0) is 0 Å². The summed E-state index contributed by atoms with van der Waals surface area (Å²) in [6.45, 7) is 1.96. The van der Waals surface area contributed by atoms with Crippen LogP contribution in [0.5, 0.6) is 0 Å². The average Bonchev–Trinajstić information content (AvgIpc) is 3.43. The average molecular weight is 391 g/mol. The Balaban J connectivity index is 1.50. The molecule has 6 rings (SSSR count). The lowest BCUT2D eigenvalue weighted by Gasteiger charge is -2.14. The first-order chi connectivity index (χ1) is 14.9. The third-order valence-corrected chi connectivity index (χ3v) is 5.86. The molecule has 0 spiro atoms. The second-order valence-corrected chi connectivity index (χ2v) is 7.68. The van der Waals surface area contributed by atoms with Gasteiger partial charge in [-0.15, -0.1) is 0 Å². The Kier molecular flexibility index (Phi) is 3.99. The molecule has 5 heteroatoms. The molecule has 3 N–H and O–H groups in total. The van der Waals surface area contributed by atoms with Crippen LogP contribution in [0.4, 0.5) is 0 Å². The van der Waals surface area contributed by atoms with Crippen LogP contribution in [0, 0.1) is 0 Å². The molecule has 3 aromatic heterocycles. The van der Waals surface area contributed by atoms with Crippen molar-refractivity contribution >= 4 is 27.4 Å². The number of hydrogen-bond donors (Lipinski definition) is 3. The van der Waals surface area contributed by atoms with E-state index in [1.54, 1.807) is 0 Å². The highest BCUT2D eigenvalue weighted by atomic mass is 15.1. The van der Waals surface area contributed by atoms with Gasteiger partial charge in [0.05, 0.1) is 16.9 Å². The smallest absolute Gasteiger partial charge is 0.116 e. The first kappa shape index (κ1) is 17.2. The van der Waals surface area contributed by atoms with E-state index < -0.39 is 0 Å². The van der Waals surface area contributed by atoms with E-state index in [2.05, 4.69) is 74.0 Å². The summed E-state index contributed by atoms with van der Waals surface area (Å²) >= 11 is 0. The molecule has 0 amide bonds. The van der Waals surface area contributed by atoms with Crippen molar-refractivity contribution < 1.29 is 0 Å². The fraction of sp³-hybridized carbons (Fsp3) is 0.120. The molecule has 0 saturated carbocycles. The Labute approximate surface area is 173 Å². The van der Waals surface area contributed by atoms with E-state index >= 15 is 0 Å². The summed E-state index contributed by atoms with van der Waals surface area (Å²) in [6, 6.07) is 21.1.